The molecule has 0 aliphatic carbocycles. The Morgan fingerprint density at radius 2 is 2.00 bits per heavy atom. The molecule has 2 amide bonds. The van der Waals surface area contributed by atoms with Crippen molar-refractivity contribution >= 4 is 17.5 Å². The maximum atomic E-state index is 12.0. The van der Waals surface area contributed by atoms with Gasteiger partial charge >= 0.3 is 0 Å². The van der Waals surface area contributed by atoms with Gasteiger partial charge in [-0.3, -0.25) is 9.59 Å². The summed E-state index contributed by atoms with van der Waals surface area (Å²) >= 11 is 0. The van der Waals surface area contributed by atoms with Crippen LogP contribution in [-0.4, -0.2) is 30.9 Å². The molecule has 1 aliphatic heterocycles. The second kappa shape index (κ2) is 7.05. The van der Waals surface area contributed by atoms with Gasteiger partial charge in [-0.05, 0) is 50.6 Å². The zero-order valence-electron chi connectivity index (χ0n) is 11.7. The van der Waals surface area contributed by atoms with Crippen molar-refractivity contribution in [2.45, 2.75) is 32.2 Å². The van der Waals surface area contributed by atoms with Crippen molar-refractivity contribution in [3.05, 3.63) is 29.8 Å². The first-order valence-corrected chi connectivity index (χ1v) is 7.13. The lowest BCUT2D eigenvalue weighted by molar-refractivity contribution is -0.118. The molecule has 0 spiro atoms. The lowest BCUT2D eigenvalue weighted by atomic mass is 10.0. The third-order valence-corrected chi connectivity index (χ3v) is 3.38. The largest absolute Gasteiger partial charge is 0.352 e. The highest BCUT2D eigenvalue weighted by molar-refractivity contribution is 5.97. The van der Waals surface area contributed by atoms with Crippen molar-refractivity contribution in [2.24, 2.45) is 0 Å². The SMILES string of the molecule is CCNC(=O)c1ccc(NC(=O)[C@H]2CCCCN2)cc1. The van der Waals surface area contributed by atoms with E-state index in [2.05, 4.69) is 16.0 Å². The number of amides is 2. The van der Waals surface area contributed by atoms with Gasteiger partial charge in [-0.25, -0.2) is 0 Å². The Morgan fingerprint density at radius 3 is 2.60 bits per heavy atom. The molecule has 5 nitrogen and oxygen atoms in total. The summed E-state index contributed by atoms with van der Waals surface area (Å²) in [7, 11) is 0. The molecule has 3 N–H and O–H groups in total. The van der Waals surface area contributed by atoms with Crippen LogP contribution in [-0.2, 0) is 4.79 Å². The van der Waals surface area contributed by atoms with Crippen molar-refractivity contribution in [1.82, 2.24) is 10.6 Å². The summed E-state index contributed by atoms with van der Waals surface area (Å²) in [5.74, 6) is -0.102. The molecule has 1 heterocycles. The zero-order valence-corrected chi connectivity index (χ0v) is 11.7. The van der Waals surface area contributed by atoms with E-state index in [0.717, 1.165) is 31.5 Å². The van der Waals surface area contributed by atoms with Crippen molar-refractivity contribution in [2.75, 3.05) is 18.4 Å². The van der Waals surface area contributed by atoms with Crippen LogP contribution < -0.4 is 16.0 Å². The van der Waals surface area contributed by atoms with Gasteiger partial charge < -0.3 is 16.0 Å². The van der Waals surface area contributed by atoms with Crippen molar-refractivity contribution in [1.29, 1.82) is 0 Å². The third-order valence-electron chi connectivity index (χ3n) is 3.38. The number of rotatable bonds is 4. The molecule has 0 saturated carbocycles. The molecule has 0 unspecified atom stereocenters. The summed E-state index contributed by atoms with van der Waals surface area (Å²) in [6.07, 6.45) is 3.09. The van der Waals surface area contributed by atoms with Crippen LogP contribution in [0, 0.1) is 0 Å². The van der Waals surface area contributed by atoms with E-state index in [1.54, 1.807) is 24.3 Å². The third kappa shape index (κ3) is 3.81. The molecule has 0 radical (unpaired) electrons. The quantitative estimate of drug-likeness (QED) is 0.780. The maximum absolute atomic E-state index is 12.0. The second-order valence-electron chi connectivity index (χ2n) is 4.93. The minimum Gasteiger partial charge on any atom is -0.352 e. The molecular weight excluding hydrogens is 254 g/mol. The molecule has 20 heavy (non-hydrogen) atoms. The Bertz CT molecular complexity index is 465. The normalized spacial score (nSPS) is 18.4. The fourth-order valence-corrected chi connectivity index (χ4v) is 2.27. The van der Waals surface area contributed by atoms with Crippen LogP contribution in [0.1, 0.15) is 36.5 Å². The fourth-order valence-electron chi connectivity index (χ4n) is 2.27. The smallest absolute Gasteiger partial charge is 0.251 e. The average Bonchev–Trinajstić information content (AvgIpc) is 2.49. The molecule has 0 aromatic heterocycles. The summed E-state index contributed by atoms with van der Waals surface area (Å²) in [5, 5.41) is 8.82. The molecular formula is C15H21N3O2. The molecule has 1 aromatic carbocycles. The molecule has 5 heteroatoms. The van der Waals surface area contributed by atoms with Crippen LogP contribution >= 0.6 is 0 Å². The lowest BCUT2D eigenvalue weighted by Crippen LogP contribution is -2.43. The minimum absolute atomic E-state index is 0.00420. The van der Waals surface area contributed by atoms with Gasteiger partial charge in [0, 0.05) is 17.8 Å². The van der Waals surface area contributed by atoms with Crippen molar-refractivity contribution in [3.8, 4) is 0 Å². The standard InChI is InChI=1S/C15H21N3O2/c1-2-16-14(19)11-6-8-12(9-7-11)18-15(20)13-5-3-4-10-17-13/h6-9,13,17H,2-5,10H2,1H3,(H,16,19)(H,18,20)/t13-/m1/s1. The van der Waals surface area contributed by atoms with Crippen LogP contribution in [0.2, 0.25) is 0 Å². The number of carbonyl (C=O) groups is 2. The van der Waals surface area contributed by atoms with Crippen LogP contribution in [0.4, 0.5) is 5.69 Å². The Balaban J connectivity index is 1.92. The number of benzene rings is 1. The highest BCUT2D eigenvalue weighted by Gasteiger charge is 2.20. The molecule has 108 valence electrons. The van der Waals surface area contributed by atoms with Gasteiger partial charge in [0.15, 0.2) is 0 Å². The number of hydrogen-bond acceptors (Lipinski definition) is 3. The predicted molar refractivity (Wildman–Crippen MR) is 78.7 cm³/mol. The Labute approximate surface area is 119 Å². The Kier molecular flexibility index (Phi) is 5.12. The van der Waals surface area contributed by atoms with Crippen LogP contribution in [0.25, 0.3) is 0 Å². The molecule has 1 aliphatic rings. The number of hydrogen-bond donors (Lipinski definition) is 3. The molecule has 1 aromatic rings. The van der Waals surface area contributed by atoms with E-state index in [-0.39, 0.29) is 17.9 Å². The van der Waals surface area contributed by atoms with Gasteiger partial charge in [-0.15, -0.1) is 0 Å². The Morgan fingerprint density at radius 1 is 1.25 bits per heavy atom. The highest BCUT2D eigenvalue weighted by atomic mass is 16.2. The highest BCUT2D eigenvalue weighted by Crippen LogP contribution is 2.13. The average molecular weight is 275 g/mol. The van der Waals surface area contributed by atoms with E-state index in [0.29, 0.717) is 12.1 Å². The zero-order chi connectivity index (χ0) is 14.4. The van der Waals surface area contributed by atoms with E-state index in [9.17, 15) is 9.59 Å². The second-order valence-corrected chi connectivity index (χ2v) is 4.93. The summed E-state index contributed by atoms with van der Waals surface area (Å²) < 4.78 is 0. The number of piperidine rings is 1. The van der Waals surface area contributed by atoms with E-state index in [1.165, 1.54) is 0 Å². The number of carbonyl (C=O) groups excluding carboxylic acids is 2. The van der Waals surface area contributed by atoms with E-state index < -0.39 is 0 Å². The van der Waals surface area contributed by atoms with Crippen molar-refractivity contribution < 1.29 is 9.59 Å². The predicted octanol–water partition coefficient (Wildman–Crippen LogP) is 1.52. The van der Waals surface area contributed by atoms with E-state index >= 15 is 0 Å². The van der Waals surface area contributed by atoms with Gasteiger partial charge in [0.2, 0.25) is 5.91 Å². The van der Waals surface area contributed by atoms with Crippen LogP contribution in [0.3, 0.4) is 0 Å². The first kappa shape index (κ1) is 14.5. The van der Waals surface area contributed by atoms with Gasteiger partial charge in [-0.1, -0.05) is 6.42 Å². The fraction of sp³-hybridized carbons (Fsp3) is 0.467. The first-order chi connectivity index (χ1) is 9.70. The van der Waals surface area contributed by atoms with Gasteiger partial charge in [-0.2, -0.15) is 0 Å². The summed E-state index contributed by atoms with van der Waals surface area (Å²) in [4.78, 5) is 23.7. The van der Waals surface area contributed by atoms with E-state index in [4.69, 9.17) is 0 Å². The molecule has 2 rings (SSSR count). The molecule has 1 saturated heterocycles. The van der Waals surface area contributed by atoms with Gasteiger partial charge in [0.1, 0.15) is 0 Å². The summed E-state index contributed by atoms with van der Waals surface area (Å²) in [6.45, 7) is 3.38. The topological polar surface area (TPSA) is 70.2 Å². The molecule has 0 bridgehead atoms. The number of anilines is 1. The van der Waals surface area contributed by atoms with Crippen LogP contribution in [0.5, 0.6) is 0 Å². The lowest BCUT2D eigenvalue weighted by Gasteiger charge is -2.22. The number of nitrogens with one attached hydrogen (secondary N) is 3. The van der Waals surface area contributed by atoms with Crippen LogP contribution in [0.15, 0.2) is 24.3 Å². The van der Waals surface area contributed by atoms with E-state index in [1.807, 2.05) is 6.92 Å². The molecule has 1 fully saturated rings. The minimum atomic E-state index is -0.105. The van der Waals surface area contributed by atoms with Gasteiger partial charge in [0.05, 0.1) is 6.04 Å². The summed E-state index contributed by atoms with van der Waals surface area (Å²) in [5.41, 5.74) is 1.32. The van der Waals surface area contributed by atoms with Gasteiger partial charge in [0.25, 0.3) is 5.91 Å². The van der Waals surface area contributed by atoms with Crippen molar-refractivity contribution in [3.63, 3.8) is 0 Å². The molecule has 1 atom stereocenters. The maximum Gasteiger partial charge on any atom is 0.251 e. The monoisotopic (exact) mass is 275 g/mol. The summed E-state index contributed by atoms with van der Waals surface area (Å²) in [6, 6.07) is 6.84. The Hall–Kier alpha value is -1.88. The first-order valence-electron chi connectivity index (χ1n) is 7.13.